The molecule has 0 aliphatic carbocycles. The predicted molar refractivity (Wildman–Crippen MR) is 72.4 cm³/mol. The highest BCUT2D eigenvalue weighted by molar-refractivity contribution is 7.89. The lowest BCUT2D eigenvalue weighted by molar-refractivity contribution is -0.143. The summed E-state index contributed by atoms with van der Waals surface area (Å²) in [7, 11) is -4.34. The molecule has 0 amide bonds. The van der Waals surface area contributed by atoms with Crippen LogP contribution in [0, 0.1) is 17.1 Å². The number of carbonyl (C=O) groups is 1. The monoisotopic (exact) mass is 314 g/mol. The van der Waals surface area contributed by atoms with E-state index in [1.54, 1.807) is 6.92 Å². The highest BCUT2D eigenvalue weighted by atomic mass is 32.2. The van der Waals surface area contributed by atoms with Crippen molar-refractivity contribution in [2.75, 3.05) is 0 Å². The van der Waals surface area contributed by atoms with E-state index in [1.165, 1.54) is 13.0 Å². The number of nitriles is 1. The van der Waals surface area contributed by atoms with Gasteiger partial charge in [-0.3, -0.25) is 4.79 Å². The molecule has 0 aromatic heterocycles. The molecule has 0 aliphatic rings. The highest BCUT2D eigenvalue weighted by Gasteiger charge is 2.38. The van der Waals surface area contributed by atoms with Gasteiger partial charge in [0, 0.05) is 0 Å². The molecule has 1 atom stereocenters. The second-order valence-corrected chi connectivity index (χ2v) is 6.37. The lowest BCUT2D eigenvalue weighted by Gasteiger charge is -2.25. The average Bonchev–Trinajstić information content (AvgIpc) is 2.37. The summed E-state index contributed by atoms with van der Waals surface area (Å²) >= 11 is 0. The fourth-order valence-electron chi connectivity index (χ4n) is 1.89. The summed E-state index contributed by atoms with van der Waals surface area (Å²) in [5.74, 6) is -2.32. The molecule has 0 fully saturated rings. The quantitative estimate of drug-likeness (QED) is 0.829. The second-order valence-electron chi connectivity index (χ2n) is 4.72. The minimum atomic E-state index is -4.34. The van der Waals surface area contributed by atoms with Crippen molar-refractivity contribution in [2.45, 2.75) is 37.1 Å². The Bertz CT molecular complexity index is 697. The highest BCUT2D eigenvalue weighted by Crippen LogP contribution is 2.22. The fourth-order valence-corrected chi connectivity index (χ4v) is 3.45. The van der Waals surface area contributed by atoms with Gasteiger partial charge in [-0.05, 0) is 25.5 Å². The average molecular weight is 314 g/mol. The number of nitrogens with zero attached hydrogens (tertiary/aromatic N) is 1. The molecule has 21 heavy (non-hydrogen) atoms. The Balaban J connectivity index is 3.34. The van der Waals surface area contributed by atoms with Crippen molar-refractivity contribution in [2.24, 2.45) is 0 Å². The molecule has 1 unspecified atom stereocenters. The summed E-state index contributed by atoms with van der Waals surface area (Å²) < 4.78 is 40.1. The van der Waals surface area contributed by atoms with Crippen molar-refractivity contribution in [3.8, 4) is 6.07 Å². The van der Waals surface area contributed by atoms with Crippen molar-refractivity contribution >= 4 is 16.0 Å². The van der Waals surface area contributed by atoms with E-state index in [1.807, 2.05) is 4.72 Å². The number of carboxylic acids is 1. The molecule has 0 radical (unpaired) electrons. The summed E-state index contributed by atoms with van der Waals surface area (Å²) in [6, 6.07) is 4.63. The van der Waals surface area contributed by atoms with Crippen LogP contribution in [0.25, 0.3) is 0 Å². The Morgan fingerprint density at radius 2 is 2.14 bits per heavy atom. The molecule has 8 heteroatoms. The predicted octanol–water partition coefficient (Wildman–Crippen LogP) is 1.62. The SMILES string of the molecule is CCCC(C)(NS(=O)(=O)c1cccc(F)c1C#N)C(=O)O. The number of nitrogens with one attached hydrogen (secondary N) is 1. The molecule has 0 bridgehead atoms. The Morgan fingerprint density at radius 3 is 2.62 bits per heavy atom. The van der Waals surface area contributed by atoms with Gasteiger partial charge in [0.15, 0.2) is 0 Å². The van der Waals surface area contributed by atoms with E-state index >= 15 is 0 Å². The van der Waals surface area contributed by atoms with Gasteiger partial charge in [0.25, 0.3) is 0 Å². The van der Waals surface area contributed by atoms with E-state index < -0.39 is 37.8 Å². The van der Waals surface area contributed by atoms with Crippen LogP contribution in [-0.4, -0.2) is 25.0 Å². The molecule has 0 heterocycles. The summed E-state index contributed by atoms with van der Waals surface area (Å²) in [6.07, 6.45) is 0.484. The van der Waals surface area contributed by atoms with Crippen LogP contribution < -0.4 is 4.72 Å². The maximum absolute atomic E-state index is 13.5. The first-order chi connectivity index (χ1) is 9.68. The molecule has 0 saturated heterocycles. The van der Waals surface area contributed by atoms with Crippen LogP contribution >= 0.6 is 0 Å². The topological polar surface area (TPSA) is 107 Å². The number of hydrogen-bond acceptors (Lipinski definition) is 4. The van der Waals surface area contributed by atoms with Gasteiger partial charge in [-0.2, -0.15) is 9.98 Å². The van der Waals surface area contributed by atoms with E-state index in [2.05, 4.69) is 0 Å². The molecule has 0 aliphatic heterocycles. The summed E-state index contributed by atoms with van der Waals surface area (Å²) in [5, 5.41) is 18.1. The molecular weight excluding hydrogens is 299 g/mol. The lowest BCUT2D eigenvalue weighted by Crippen LogP contribution is -2.52. The molecular formula is C13H15FN2O4S. The lowest BCUT2D eigenvalue weighted by atomic mass is 9.98. The number of aliphatic carboxylic acids is 1. The molecule has 0 saturated carbocycles. The summed E-state index contributed by atoms with van der Waals surface area (Å²) in [6.45, 7) is 2.93. The Kier molecular flexibility index (Phi) is 5.04. The number of sulfonamides is 1. The molecule has 1 aromatic carbocycles. The number of carboxylic acid groups (broad SMARTS) is 1. The summed E-state index contributed by atoms with van der Waals surface area (Å²) in [5.41, 5.74) is -2.37. The van der Waals surface area contributed by atoms with E-state index in [4.69, 9.17) is 5.26 Å². The molecule has 0 spiro atoms. The third-order valence-electron chi connectivity index (χ3n) is 2.96. The number of benzene rings is 1. The second kappa shape index (κ2) is 6.20. The normalized spacial score (nSPS) is 14.2. The minimum Gasteiger partial charge on any atom is -0.480 e. The van der Waals surface area contributed by atoms with Gasteiger partial charge in [0.05, 0.1) is 0 Å². The minimum absolute atomic E-state index is 0.0543. The Hall–Kier alpha value is -1.98. The van der Waals surface area contributed by atoms with Gasteiger partial charge in [-0.25, -0.2) is 12.8 Å². The van der Waals surface area contributed by atoms with E-state index in [9.17, 15) is 22.7 Å². The van der Waals surface area contributed by atoms with Crippen LogP contribution in [0.4, 0.5) is 4.39 Å². The zero-order chi connectivity index (χ0) is 16.3. The van der Waals surface area contributed by atoms with E-state index in [0.717, 1.165) is 18.2 Å². The number of halogens is 1. The smallest absolute Gasteiger partial charge is 0.324 e. The maximum Gasteiger partial charge on any atom is 0.324 e. The van der Waals surface area contributed by atoms with Crippen LogP contribution in [0.2, 0.25) is 0 Å². The van der Waals surface area contributed by atoms with Gasteiger partial charge in [0.1, 0.15) is 27.9 Å². The molecule has 114 valence electrons. The number of rotatable bonds is 6. The summed E-state index contributed by atoms with van der Waals surface area (Å²) in [4.78, 5) is 10.7. The van der Waals surface area contributed by atoms with Crippen molar-refractivity contribution < 1.29 is 22.7 Å². The van der Waals surface area contributed by atoms with Crippen LogP contribution in [0.1, 0.15) is 32.3 Å². The molecule has 1 rings (SSSR count). The van der Waals surface area contributed by atoms with Gasteiger partial charge < -0.3 is 5.11 Å². The van der Waals surface area contributed by atoms with Gasteiger partial charge in [-0.1, -0.05) is 19.4 Å². The first-order valence-electron chi connectivity index (χ1n) is 6.14. The maximum atomic E-state index is 13.5. The largest absolute Gasteiger partial charge is 0.480 e. The zero-order valence-corrected chi connectivity index (χ0v) is 12.4. The molecule has 6 nitrogen and oxygen atoms in total. The standard InChI is InChI=1S/C13H15FN2O4S/c1-3-7-13(2,12(17)18)16-21(19,20)11-6-4-5-10(14)9(11)8-15/h4-6,16H,3,7H2,1-2H3,(H,17,18). The zero-order valence-electron chi connectivity index (χ0n) is 11.6. The van der Waals surface area contributed by atoms with Gasteiger partial charge in [-0.15, -0.1) is 0 Å². The van der Waals surface area contributed by atoms with Crippen molar-refractivity contribution in [1.82, 2.24) is 4.72 Å². The van der Waals surface area contributed by atoms with Crippen LogP contribution in [-0.2, 0) is 14.8 Å². The van der Waals surface area contributed by atoms with Gasteiger partial charge >= 0.3 is 5.97 Å². The van der Waals surface area contributed by atoms with Crippen molar-refractivity contribution in [3.63, 3.8) is 0 Å². The van der Waals surface area contributed by atoms with Crippen LogP contribution in [0.3, 0.4) is 0 Å². The van der Waals surface area contributed by atoms with E-state index in [-0.39, 0.29) is 6.42 Å². The first-order valence-corrected chi connectivity index (χ1v) is 7.62. The van der Waals surface area contributed by atoms with Crippen LogP contribution in [0.5, 0.6) is 0 Å². The Morgan fingerprint density at radius 1 is 1.52 bits per heavy atom. The van der Waals surface area contributed by atoms with Crippen molar-refractivity contribution in [3.05, 3.63) is 29.6 Å². The third-order valence-corrected chi connectivity index (χ3v) is 4.60. The number of hydrogen-bond donors (Lipinski definition) is 2. The van der Waals surface area contributed by atoms with Crippen LogP contribution in [0.15, 0.2) is 23.1 Å². The third kappa shape index (κ3) is 3.56. The van der Waals surface area contributed by atoms with Crippen molar-refractivity contribution in [1.29, 1.82) is 5.26 Å². The Labute approximate surface area is 122 Å². The van der Waals surface area contributed by atoms with Gasteiger partial charge in [0.2, 0.25) is 10.0 Å². The first kappa shape index (κ1) is 17.1. The van der Waals surface area contributed by atoms with E-state index in [0.29, 0.717) is 6.42 Å². The fraction of sp³-hybridized carbons (Fsp3) is 0.385. The molecule has 2 N–H and O–H groups in total. The molecule has 1 aromatic rings.